The molecule has 0 unspecified atom stereocenters. The molecule has 0 aliphatic carbocycles. The number of esters is 1. The van der Waals surface area contributed by atoms with E-state index >= 15 is 0 Å². The molecule has 0 N–H and O–H groups in total. The number of rotatable bonds is 2. The molecule has 5 nitrogen and oxygen atoms in total. The molecule has 1 heterocycles. The molecule has 5 heteroatoms. The van der Waals surface area contributed by atoms with Crippen LogP contribution in [0.1, 0.15) is 10.4 Å². The van der Waals surface area contributed by atoms with E-state index in [9.17, 15) is 4.79 Å². The van der Waals surface area contributed by atoms with Crippen molar-refractivity contribution in [2.75, 3.05) is 0 Å². The van der Waals surface area contributed by atoms with E-state index in [0.29, 0.717) is 5.56 Å². The van der Waals surface area contributed by atoms with E-state index in [1.807, 2.05) is 6.07 Å². The zero-order chi connectivity index (χ0) is 9.80. The number of aromatic nitrogens is 2. The number of nitrogens with zero attached hydrogens (tertiary/aromatic N) is 2. The Hall–Kier alpha value is -2.17. The topological polar surface area (TPSA) is 65.2 Å². The van der Waals surface area contributed by atoms with Crippen molar-refractivity contribution in [2.45, 2.75) is 0 Å². The predicted molar refractivity (Wildman–Crippen MR) is 45.7 cm³/mol. The second-order valence-corrected chi connectivity index (χ2v) is 2.46. The average molecular weight is 190 g/mol. The Morgan fingerprint density at radius 1 is 1.29 bits per heavy atom. The Morgan fingerprint density at radius 3 is 2.71 bits per heavy atom. The lowest BCUT2D eigenvalue weighted by molar-refractivity contribution is 0.0682. The van der Waals surface area contributed by atoms with Crippen LogP contribution >= 0.6 is 0 Å². The summed E-state index contributed by atoms with van der Waals surface area (Å²) in [4.78, 5) is 11.4. The number of hydrogen-bond donors (Lipinski definition) is 0. The van der Waals surface area contributed by atoms with E-state index in [1.54, 1.807) is 24.3 Å². The quantitative estimate of drug-likeness (QED) is 0.667. The molecule has 0 radical (unpaired) electrons. The maximum atomic E-state index is 11.4. The third-order valence-corrected chi connectivity index (χ3v) is 1.53. The van der Waals surface area contributed by atoms with Crippen LogP contribution in [-0.4, -0.2) is 16.2 Å². The van der Waals surface area contributed by atoms with Gasteiger partial charge in [-0.25, -0.2) is 4.79 Å². The number of ether oxygens (including phenoxy) is 1. The maximum Gasteiger partial charge on any atom is 0.422 e. The van der Waals surface area contributed by atoms with Crippen LogP contribution in [0, 0.1) is 0 Å². The summed E-state index contributed by atoms with van der Waals surface area (Å²) < 4.78 is 9.42. The number of carbonyl (C=O) groups is 1. The van der Waals surface area contributed by atoms with E-state index in [-0.39, 0.29) is 6.08 Å². The highest BCUT2D eigenvalue weighted by molar-refractivity contribution is 5.90. The second-order valence-electron chi connectivity index (χ2n) is 2.46. The Labute approximate surface area is 79.3 Å². The predicted octanol–water partition coefficient (Wildman–Crippen LogP) is 1.29. The molecule has 0 saturated heterocycles. The van der Waals surface area contributed by atoms with Crippen molar-refractivity contribution in [2.24, 2.45) is 0 Å². The summed E-state index contributed by atoms with van der Waals surface area (Å²) in [5.41, 5.74) is 0.436. The van der Waals surface area contributed by atoms with Crippen molar-refractivity contribution in [1.29, 1.82) is 0 Å². The number of carbonyl (C=O) groups excluding carboxylic acids is 1. The van der Waals surface area contributed by atoms with Gasteiger partial charge in [0, 0.05) is 0 Å². The third kappa shape index (κ3) is 1.77. The van der Waals surface area contributed by atoms with Gasteiger partial charge in [0.1, 0.15) is 0 Å². The lowest BCUT2D eigenvalue weighted by atomic mass is 10.2. The molecule has 1 aromatic heterocycles. The molecule has 0 bridgehead atoms. The Balaban J connectivity index is 2.11. The summed E-state index contributed by atoms with van der Waals surface area (Å²) in [7, 11) is 0. The molecule has 0 spiro atoms. The zero-order valence-electron chi connectivity index (χ0n) is 7.08. The van der Waals surface area contributed by atoms with Crippen LogP contribution in [0.4, 0.5) is 0 Å². The smallest absolute Gasteiger partial charge is 0.396 e. The van der Waals surface area contributed by atoms with Gasteiger partial charge in [-0.15, -0.1) is 5.10 Å². The number of hydrogen-bond acceptors (Lipinski definition) is 5. The van der Waals surface area contributed by atoms with Crippen molar-refractivity contribution >= 4 is 5.97 Å². The summed E-state index contributed by atoms with van der Waals surface area (Å²) in [6, 6.07) is 8.57. The van der Waals surface area contributed by atoms with E-state index in [0.717, 1.165) is 6.39 Å². The molecule has 0 atom stereocenters. The van der Waals surface area contributed by atoms with Crippen molar-refractivity contribution in [3.05, 3.63) is 42.3 Å². The minimum Gasteiger partial charge on any atom is -0.396 e. The first kappa shape index (κ1) is 8.43. The van der Waals surface area contributed by atoms with Crippen LogP contribution in [0.15, 0.2) is 41.1 Å². The van der Waals surface area contributed by atoms with Gasteiger partial charge in [-0.2, -0.15) is 0 Å². The van der Waals surface area contributed by atoms with Gasteiger partial charge < -0.3 is 9.15 Å². The van der Waals surface area contributed by atoms with Gasteiger partial charge in [0.2, 0.25) is 6.39 Å². The van der Waals surface area contributed by atoms with Crippen molar-refractivity contribution in [3.8, 4) is 6.08 Å². The first-order valence-corrected chi connectivity index (χ1v) is 3.89. The fourth-order valence-electron chi connectivity index (χ4n) is 0.920. The largest absolute Gasteiger partial charge is 0.422 e. The van der Waals surface area contributed by atoms with Gasteiger partial charge in [-0.1, -0.05) is 23.3 Å². The van der Waals surface area contributed by atoms with Gasteiger partial charge in [-0.05, 0) is 12.1 Å². The summed E-state index contributed by atoms with van der Waals surface area (Å²) in [6.45, 7) is 0. The maximum absolute atomic E-state index is 11.4. The van der Waals surface area contributed by atoms with Gasteiger partial charge in [0.15, 0.2) is 0 Å². The molecular weight excluding hydrogens is 184 g/mol. The van der Waals surface area contributed by atoms with Gasteiger partial charge in [0.05, 0.1) is 5.56 Å². The van der Waals surface area contributed by atoms with E-state index in [1.165, 1.54) is 0 Å². The van der Waals surface area contributed by atoms with Crippen LogP contribution in [-0.2, 0) is 0 Å². The van der Waals surface area contributed by atoms with Crippen molar-refractivity contribution in [1.82, 2.24) is 10.2 Å². The van der Waals surface area contributed by atoms with E-state index in [4.69, 9.17) is 4.74 Å². The highest BCUT2D eigenvalue weighted by Gasteiger charge is 2.10. The Bertz CT molecular complexity index is 411. The first-order valence-electron chi connectivity index (χ1n) is 3.89. The highest BCUT2D eigenvalue weighted by Crippen LogP contribution is 2.07. The normalized spacial score (nSPS) is 9.71. The molecule has 1 aromatic carbocycles. The van der Waals surface area contributed by atoms with Crippen LogP contribution in [0.2, 0.25) is 0 Å². The van der Waals surface area contributed by atoms with Crippen LogP contribution in [0.3, 0.4) is 0 Å². The Morgan fingerprint density at radius 2 is 2.07 bits per heavy atom. The van der Waals surface area contributed by atoms with E-state index < -0.39 is 5.97 Å². The summed E-state index contributed by atoms with van der Waals surface area (Å²) in [5, 5.41) is 6.80. The molecule has 0 aliphatic rings. The molecule has 2 rings (SSSR count). The molecule has 0 amide bonds. The van der Waals surface area contributed by atoms with Crippen LogP contribution in [0.25, 0.3) is 0 Å². The van der Waals surface area contributed by atoms with E-state index in [2.05, 4.69) is 14.6 Å². The molecule has 2 aromatic rings. The molecule has 14 heavy (non-hydrogen) atoms. The first-order chi connectivity index (χ1) is 6.86. The minimum absolute atomic E-state index is 0.154. The van der Waals surface area contributed by atoms with Crippen LogP contribution in [0.5, 0.6) is 6.08 Å². The zero-order valence-corrected chi connectivity index (χ0v) is 7.08. The number of benzene rings is 1. The van der Waals surface area contributed by atoms with Gasteiger partial charge in [-0.3, -0.25) is 0 Å². The summed E-state index contributed by atoms with van der Waals surface area (Å²) in [5.74, 6) is -0.519. The van der Waals surface area contributed by atoms with Crippen molar-refractivity contribution < 1.29 is 13.9 Å². The van der Waals surface area contributed by atoms with Gasteiger partial charge in [0.25, 0.3) is 0 Å². The van der Waals surface area contributed by atoms with Gasteiger partial charge >= 0.3 is 12.0 Å². The molecule has 0 fully saturated rings. The minimum atomic E-state index is -0.519. The molecular formula is C9H6N2O3. The van der Waals surface area contributed by atoms with Crippen LogP contribution < -0.4 is 4.74 Å². The highest BCUT2D eigenvalue weighted by atomic mass is 16.6. The second kappa shape index (κ2) is 3.69. The lowest BCUT2D eigenvalue weighted by Crippen LogP contribution is -2.08. The molecule has 0 saturated carbocycles. The lowest BCUT2D eigenvalue weighted by Gasteiger charge is -1.97. The molecule has 0 aliphatic heterocycles. The summed E-state index contributed by atoms with van der Waals surface area (Å²) in [6.07, 6.45) is 0.937. The SMILES string of the molecule is O=C(Oc1nnco1)c1ccccc1. The molecule has 70 valence electrons. The monoisotopic (exact) mass is 190 g/mol. The summed E-state index contributed by atoms with van der Waals surface area (Å²) >= 11 is 0. The Kier molecular flexibility index (Phi) is 2.22. The standard InChI is InChI=1S/C9H6N2O3/c12-8(7-4-2-1-3-5-7)14-9-11-10-6-13-9/h1-6H. The third-order valence-electron chi connectivity index (χ3n) is 1.53. The fourth-order valence-corrected chi connectivity index (χ4v) is 0.920. The van der Waals surface area contributed by atoms with Crippen molar-refractivity contribution in [3.63, 3.8) is 0 Å². The average Bonchev–Trinajstić information content (AvgIpc) is 2.72. The fraction of sp³-hybridized carbons (Fsp3) is 0.